The van der Waals surface area contributed by atoms with Crippen molar-refractivity contribution in [3.63, 3.8) is 0 Å². The highest BCUT2D eigenvalue weighted by atomic mass is 32.2. The van der Waals surface area contributed by atoms with E-state index in [0.717, 1.165) is 18.5 Å². The fourth-order valence-electron chi connectivity index (χ4n) is 1.80. The maximum atomic E-state index is 12.1. The summed E-state index contributed by atoms with van der Waals surface area (Å²) < 4.78 is 24.2. The molecule has 0 aliphatic carbocycles. The van der Waals surface area contributed by atoms with Gasteiger partial charge in [0.1, 0.15) is 0 Å². The van der Waals surface area contributed by atoms with Crippen LogP contribution in [0.5, 0.6) is 0 Å². The van der Waals surface area contributed by atoms with E-state index in [1.54, 1.807) is 24.3 Å². The monoisotopic (exact) mass is 312 g/mol. The second kappa shape index (κ2) is 8.14. The fourth-order valence-corrected chi connectivity index (χ4v) is 3.04. The molecular weight excluding hydrogens is 288 g/mol. The average molecular weight is 312 g/mol. The van der Waals surface area contributed by atoms with Gasteiger partial charge in [-0.05, 0) is 46.1 Å². The van der Waals surface area contributed by atoms with Crippen LogP contribution in [0.15, 0.2) is 29.2 Å². The molecule has 1 N–H and O–H groups in total. The normalized spacial score (nSPS) is 11.6. The molecule has 1 amide bonds. The number of aryl methyl sites for hydroxylation is 1. The van der Waals surface area contributed by atoms with Gasteiger partial charge in [-0.1, -0.05) is 17.7 Å². The highest BCUT2D eigenvalue weighted by molar-refractivity contribution is 7.91. The topological polar surface area (TPSA) is 66.5 Å². The minimum Gasteiger partial charge on any atom is -0.356 e. The summed E-state index contributed by atoms with van der Waals surface area (Å²) in [6, 6.07) is 6.68. The van der Waals surface area contributed by atoms with Crippen LogP contribution < -0.4 is 5.32 Å². The second-order valence-electron chi connectivity index (χ2n) is 5.39. The largest absolute Gasteiger partial charge is 0.356 e. The summed E-state index contributed by atoms with van der Waals surface area (Å²) in [5, 5.41) is 2.74. The van der Waals surface area contributed by atoms with Crippen LogP contribution in [0.4, 0.5) is 0 Å². The number of nitrogens with zero attached hydrogens (tertiary/aromatic N) is 1. The maximum absolute atomic E-state index is 12.1. The van der Waals surface area contributed by atoms with Crippen molar-refractivity contribution in [3.8, 4) is 0 Å². The molecule has 0 saturated heterocycles. The highest BCUT2D eigenvalue weighted by Crippen LogP contribution is 2.12. The van der Waals surface area contributed by atoms with Crippen LogP contribution in [0.2, 0.25) is 0 Å². The Balaban J connectivity index is 2.39. The molecule has 1 rings (SSSR count). The minimum atomic E-state index is -3.39. The van der Waals surface area contributed by atoms with Crippen LogP contribution in [-0.2, 0) is 14.6 Å². The van der Waals surface area contributed by atoms with E-state index in [-0.39, 0.29) is 23.0 Å². The molecule has 0 aliphatic heterocycles. The summed E-state index contributed by atoms with van der Waals surface area (Å²) in [6.07, 6.45) is 0.849. The van der Waals surface area contributed by atoms with E-state index < -0.39 is 9.84 Å². The first-order valence-electron chi connectivity index (χ1n) is 7.02. The standard InChI is InChI=1S/C15H24N2O3S/c1-13-5-7-14(8-6-13)21(19,20)12-9-15(18)16-10-4-11-17(2)3/h5-8H,4,9-12H2,1-3H3,(H,16,18). The number of amides is 1. The van der Waals surface area contributed by atoms with Gasteiger partial charge in [-0.25, -0.2) is 8.42 Å². The Hall–Kier alpha value is -1.40. The number of benzene rings is 1. The molecule has 0 radical (unpaired) electrons. The number of hydrogen-bond acceptors (Lipinski definition) is 4. The first-order valence-corrected chi connectivity index (χ1v) is 8.67. The van der Waals surface area contributed by atoms with Gasteiger partial charge in [0.05, 0.1) is 10.6 Å². The number of carbonyl (C=O) groups excluding carboxylic acids is 1. The van der Waals surface area contributed by atoms with Gasteiger partial charge in [0, 0.05) is 13.0 Å². The smallest absolute Gasteiger partial charge is 0.221 e. The lowest BCUT2D eigenvalue weighted by Gasteiger charge is -2.10. The summed E-state index contributed by atoms with van der Waals surface area (Å²) in [4.78, 5) is 13.9. The first kappa shape index (κ1) is 17.7. The summed E-state index contributed by atoms with van der Waals surface area (Å²) in [6.45, 7) is 3.36. The lowest BCUT2D eigenvalue weighted by molar-refractivity contribution is -0.120. The van der Waals surface area contributed by atoms with Gasteiger partial charge < -0.3 is 10.2 Å². The van der Waals surface area contributed by atoms with Gasteiger partial charge in [-0.2, -0.15) is 0 Å². The molecule has 0 saturated carbocycles. The van der Waals surface area contributed by atoms with E-state index >= 15 is 0 Å². The van der Waals surface area contributed by atoms with Crippen molar-refractivity contribution in [1.29, 1.82) is 0 Å². The highest BCUT2D eigenvalue weighted by Gasteiger charge is 2.16. The van der Waals surface area contributed by atoms with Gasteiger partial charge in [-0.3, -0.25) is 4.79 Å². The zero-order valence-electron chi connectivity index (χ0n) is 12.9. The van der Waals surface area contributed by atoms with Gasteiger partial charge in [0.2, 0.25) is 5.91 Å². The number of nitrogens with one attached hydrogen (secondary N) is 1. The quantitative estimate of drug-likeness (QED) is 0.733. The molecule has 0 bridgehead atoms. The van der Waals surface area contributed by atoms with Crippen LogP contribution in [0.1, 0.15) is 18.4 Å². The summed E-state index contributed by atoms with van der Waals surface area (Å²) in [5.41, 5.74) is 1.01. The van der Waals surface area contributed by atoms with Crippen molar-refractivity contribution in [2.75, 3.05) is 32.9 Å². The molecule has 5 nitrogen and oxygen atoms in total. The third-order valence-corrected chi connectivity index (χ3v) is 4.81. The molecule has 0 aliphatic rings. The Kier molecular flexibility index (Phi) is 6.84. The van der Waals surface area contributed by atoms with E-state index in [4.69, 9.17) is 0 Å². The van der Waals surface area contributed by atoms with Crippen molar-refractivity contribution >= 4 is 15.7 Å². The second-order valence-corrected chi connectivity index (χ2v) is 7.50. The number of rotatable bonds is 8. The van der Waals surface area contributed by atoms with E-state index in [0.29, 0.717) is 6.54 Å². The van der Waals surface area contributed by atoms with Crippen LogP contribution in [0, 0.1) is 6.92 Å². The van der Waals surface area contributed by atoms with Crippen molar-refractivity contribution < 1.29 is 13.2 Å². The lowest BCUT2D eigenvalue weighted by Crippen LogP contribution is -2.28. The molecule has 0 unspecified atom stereocenters. The van der Waals surface area contributed by atoms with Crippen molar-refractivity contribution in [2.45, 2.75) is 24.7 Å². The Labute approximate surface area is 127 Å². The first-order chi connectivity index (χ1) is 9.81. The van der Waals surface area contributed by atoms with E-state index in [1.165, 1.54) is 0 Å². The van der Waals surface area contributed by atoms with Crippen LogP contribution in [0.3, 0.4) is 0 Å². The molecule has 0 atom stereocenters. The van der Waals surface area contributed by atoms with Crippen LogP contribution in [-0.4, -0.2) is 52.2 Å². The van der Waals surface area contributed by atoms with E-state index in [1.807, 2.05) is 25.9 Å². The molecule has 0 spiro atoms. The molecule has 21 heavy (non-hydrogen) atoms. The fraction of sp³-hybridized carbons (Fsp3) is 0.533. The van der Waals surface area contributed by atoms with E-state index in [2.05, 4.69) is 5.32 Å². The van der Waals surface area contributed by atoms with Crippen molar-refractivity contribution in [1.82, 2.24) is 10.2 Å². The number of carbonyl (C=O) groups is 1. The molecule has 118 valence electrons. The summed E-state index contributed by atoms with van der Waals surface area (Å²) in [5.74, 6) is -0.375. The zero-order valence-corrected chi connectivity index (χ0v) is 13.7. The molecular formula is C15H24N2O3S. The van der Waals surface area contributed by atoms with Gasteiger partial charge in [-0.15, -0.1) is 0 Å². The summed E-state index contributed by atoms with van der Waals surface area (Å²) >= 11 is 0. The van der Waals surface area contributed by atoms with Crippen molar-refractivity contribution in [2.24, 2.45) is 0 Å². The Bertz CT molecular complexity index is 551. The van der Waals surface area contributed by atoms with Crippen LogP contribution >= 0.6 is 0 Å². The predicted molar refractivity (Wildman–Crippen MR) is 84.0 cm³/mol. The number of hydrogen-bond donors (Lipinski definition) is 1. The zero-order chi connectivity index (χ0) is 15.9. The Morgan fingerprint density at radius 2 is 1.81 bits per heavy atom. The van der Waals surface area contributed by atoms with Crippen LogP contribution in [0.25, 0.3) is 0 Å². The average Bonchev–Trinajstić information content (AvgIpc) is 2.42. The van der Waals surface area contributed by atoms with E-state index in [9.17, 15) is 13.2 Å². The van der Waals surface area contributed by atoms with Gasteiger partial charge in [0.25, 0.3) is 0 Å². The molecule has 0 fully saturated rings. The Morgan fingerprint density at radius 3 is 2.38 bits per heavy atom. The third-order valence-electron chi connectivity index (χ3n) is 3.08. The molecule has 6 heteroatoms. The molecule has 0 heterocycles. The predicted octanol–water partition coefficient (Wildman–Crippen LogP) is 1.23. The lowest BCUT2D eigenvalue weighted by atomic mass is 10.2. The summed E-state index contributed by atoms with van der Waals surface area (Å²) in [7, 11) is 0.551. The van der Waals surface area contributed by atoms with Gasteiger partial charge in [0.15, 0.2) is 9.84 Å². The SMILES string of the molecule is Cc1ccc(S(=O)(=O)CCC(=O)NCCCN(C)C)cc1. The maximum Gasteiger partial charge on any atom is 0.221 e. The molecule has 1 aromatic carbocycles. The Morgan fingerprint density at radius 1 is 1.19 bits per heavy atom. The third kappa shape index (κ3) is 6.73. The molecule has 1 aromatic rings. The minimum absolute atomic E-state index is 0.00181. The number of sulfone groups is 1. The van der Waals surface area contributed by atoms with Gasteiger partial charge >= 0.3 is 0 Å². The van der Waals surface area contributed by atoms with Crippen molar-refractivity contribution in [3.05, 3.63) is 29.8 Å². The molecule has 0 aromatic heterocycles.